The number of rotatable bonds is 0. The molecule has 0 fully saturated rings. The Labute approximate surface area is 67.2 Å². The first kappa shape index (κ1) is 8.83. The van der Waals surface area contributed by atoms with E-state index >= 15 is 0 Å². The van der Waals surface area contributed by atoms with Gasteiger partial charge in [0.25, 0.3) is 0 Å². The van der Waals surface area contributed by atoms with E-state index < -0.39 is 17.6 Å². The Morgan fingerprint density at radius 2 is 2.00 bits per heavy atom. The number of anilines is 1. The molecule has 0 amide bonds. The molecule has 0 aliphatic rings. The van der Waals surface area contributed by atoms with Gasteiger partial charge in [0.2, 0.25) is 0 Å². The van der Waals surface area contributed by atoms with Crippen molar-refractivity contribution in [3.8, 4) is 0 Å². The number of hydrogen-bond donors (Lipinski definition) is 1. The number of halogens is 3. The summed E-state index contributed by atoms with van der Waals surface area (Å²) in [7, 11) is 0. The molecule has 0 aliphatic carbocycles. The van der Waals surface area contributed by atoms with Gasteiger partial charge in [0.15, 0.2) is 0 Å². The standard InChI is InChI=1S/C7H7F3N2/c1-4-2-5(7(8,9)10)6(11)12-3-4/h2-3H,1H3,(H2,11,12). The molecule has 0 aromatic carbocycles. The fourth-order valence-electron chi connectivity index (χ4n) is 0.807. The zero-order valence-corrected chi connectivity index (χ0v) is 6.31. The van der Waals surface area contributed by atoms with Crippen LogP contribution >= 0.6 is 0 Å². The molecule has 5 heteroatoms. The lowest BCUT2D eigenvalue weighted by atomic mass is 10.2. The first-order valence-electron chi connectivity index (χ1n) is 3.20. The molecule has 1 heterocycles. The predicted octanol–water partition coefficient (Wildman–Crippen LogP) is 1.99. The van der Waals surface area contributed by atoms with Crippen LogP contribution < -0.4 is 5.73 Å². The van der Waals surface area contributed by atoms with E-state index in [0.29, 0.717) is 5.56 Å². The summed E-state index contributed by atoms with van der Waals surface area (Å²) in [4.78, 5) is 3.40. The van der Waals surface area contributed by atoms with Crippen molar-refractivity contribution in [2.75, 3.05) is 5.73 Å². The van der Waals surface area contributed by atoms with Gasteiger partial charge >= 0.3 is 6.18 Å². The molecule has 0 saturated carbocycles. The van der Waals surface area contributed by atoms with Crippen LogP contribution in [0.2, 0.25) is 0 Å². The lowest BCUT2D eigenvalue weighted by Gasteiger charge is -2.08. The second-order valence-corrected chi connectivity index (χ2v) is 2.44. The van der Waals surface area contributed by atoms with Crippen molar-refractivity contribution in [1.29, 1.82) is 0 Å². The number of hydrogen-bond acceptors (Lipinski definition) is 2. The number of nitrogens with two attached hydrogens (primary N) is 1. The zero-order valence-electron chi connectivity index (χ0n) is 6.31. The van der Waals surface area contributed by atoms with Crippen molar-refractivity contribution in [2.45, 2.75) is 13.1 Å². The molecule has 1 aromatic heterocycles. The van der Waals surface area contributed by atoms with E-state index in [1.54, 1.807) is 0 Å². The minimum Gasteiger partial charge on any atom is -0.383 e. The van der Waals surface area contributed by atoms with Crippen molar-refractivity contribution >= 4 is 5.82 Å². The zero-order chi connectivity index (χ0) is 9.35. The van der Waals surface area contributed by atoms with Gasteiger partial charge in [0.05, 0.1) is 5.56 Å². The molecule has 0 aliphatic heterocycles. The van der Waals surface area contributed by atoms with E-state index in [1.807, 2.05) is 0 Å². The quantitative estimate of drug-likeness (QED) is 0.656. The lowest BCUT2D eigenvalue weighted by molar-refractivity contribution is -0.137. The summed E-state index contributed by atoms with van der Waals surface area (Å²) in [5, 5.41) is 0. The molecule has 0 radical (unpaired) electrons. The van der Waals surface area contributed by atoms with Gasteiger partial charge in [-0.25, -0.2) is 4.98 Å². The molecular formula is C7H7F3N2. The molecular weight excluding hydrogens is 169 g/mol. The Morgan fingerprint density at radius 1 is 1.42 bits per heavy atom. The summed E-state index contributed by atoms with van der Waals surface area (Å²) in [5.41, 5.74) is 4.61. The van der Waals surface area contributed by atoms with Gasteiger partial charge in [0, 0.05) is 6.20 Å². The summed E-state index contributed by atoms with van der Waals surface area (Å²) >= 11 is 0. The molecule has 0 bridgehead atoms. The van der Waals surface area contributed by atoms with Crippen LogP contribution in [0.4, 0.5) is 19.0 Å². The van der Waals surface area contributed by atoms with Crippen LogP contribution in [0, 0.1) is 6.92 Å². The Kier molecular flexibility index (Phi) is 1.95. The van der Waals surface area contributed by atoms with Crippen LogP contribution in [0.5, 0.6) is 0 Å². The number of nitrogens with zero attached hydrogens (tertiary/aromatic N) is 1. The maximum atomic E-state index is 12.1. The average molecular weight is 176 g/mol. The van der Waals surface area contributed by atoms with Gasteiger partial charge in [-0.05, 0) is 18.6 Å². The van der Waals surface area contributed by atoms with Gasteiger partial charge in [-0.3, -0.25) is 0 Å². The highest BCUT2D eigenvalue weighted by Gasteiger charge is 2.33. The summed E-state index contributed by atoms with van der Waals surface area (Å²) in [5.74, 6) is -0.479. The fourth-order valence-corrected chi connectivity index (χ4v) is 0.807. The molecule has 2 nitrogen and oxygen atoms in total. The highest BCUT2D eigenvalue weighted by atomic mass is 19.4. The van der Waals surface area contributed by atoms with Crippen molar-refractivity contribution < 1.29 is 13.2 Å². The summed E-state index contributed by atoms with van der Waals surface area (Å²) in [6.07, 6.45) is -3.12. The molecule has 66 valence electrons. The largest absolute Gasteiger partial charge is 0.419 e. The molecule has 0 saturated heterocycles. The van der Waals surface area contributed by atoms with Gasteiger partial charge in [-0.15, -0.1) is 0 Å². The highest BCUT2D eigenvalue weighted by Crippen LogP contribution is 2.32. The predicted molar refractivity (Wildman–Crippen MR) is 38.4 cm³/mol. The Balaban J connectivity index is 3.23. The SMILES string of the molecule is Cc1cnc(N)c(C(F)(F)F)c1. The molecule has 0 unspecified atom stereocenters. The molecule has 2 N–H and O–H groups in total. The topological polar surface area (TPSA) is 38.9 Å². The normalized spacial score (nSPS) is 11.7. The maximum Gasteiger partial charge on any atom is 0.419 e. The van der Waals surface area contributed by atoms with Crippen LogP contribution in [0.25, 0.3) is 0 Å². The Morgan fingerprint density at radius 3 is 2.42 bits per heavy atom. The smallest absolute Gasteiger partial charge is 0.383 e. The number of pyridine rings is 1. The molecule has 1 aromatic rings. The van der Waals surface area contributed by atoms with Crippen molar-refractivity contribution in [3.05, 3.63) is 23.4 Å². The van der Waals surface area contributed by atoms with Gasteiger partial charge in [-0.1, -0.05) is 0 Å². The van der Waals surface area contributed by atoms with Crippen molar-refractivity contribution in [2.24, 2.45) is 0 Å². The third kappa shape index (κ3) is 1.66. The van der Waals surface area contributed by atoms with E-state index in [0.717, 1.165) is 6.07 Å². The fraction of sp³-hybridized carbons (Fsp3) is 0.286. The Bertz CT molecular complexity index is 293. The number of aromatic nitrogens is 1. The summed E-state index contributed by atoms with van der Waals surface area (Å²) in [6.45, 7) is 1.53. The van der Waals surface area contributed by atoms with Gasteiger partial charge < -0.3 is 5.73 Å². The minimum atomic E-state index is -4.41. The van der Waals surface area contributed by atoms with E-state index in [-0.39, 0.29) is 0 Å². The molecule has 12 heavy (non-hydrogen) atoms. The third-order valence-corrected chi connectivity index (χ3v) is 1.36. The molecule has 0 atom stereocenters. The van der Waals surface area contributed by atoms with Gasteiger partial charge in [-0.2, -0.15) is 13.2 Å². The number of nitrogen functional groups attached to an aromatic ring is 1. The van der Waals surface area contributed by atoms with Crippen LogP contribution in [0.15, 0.2) is 12.3 Å². The van der Waals surface area contributed by atoms with Crippen molar-refractivity contribution in [3.63, 3.8) is 0 Å². The highest BCUT2D eigenvalue weighted by molar-refractivity contribution is 5.42. The van der Waals surface area contributed by atoms with E-state index in [9.17, 15) is 13.2 Å². The second-order valence-electron chi connectivity index (χ2n) is 2.44. The summed E-state index contributed by atoms with van der Waals surface area (Å²) < 4.78 is 36.3. The maximum absolute atomic E-state index is 12.1. The molecule has 0 spiro atoms. The van der Waals surface area contributed by atoms with E-state index in [1.165, 1.54) is 13.1 Å². The van der Waals surface area contributed by atoms with Crippen LogP contribution in [-0.4, -0.2) is 4.98 Å². The van der Waals surface area contributed by atoms with Crippen LogP contribution in [0.3, 0.4) is 0 Å². The van der Waals surface area contributed by atoms with Crippen LogP contribution in [0.1, 0.15) is 11.1 Å². The monoisotopic (exact) mass is 176 g/mol. The van der Waals surface area contributed by atoms with Crippen molar-refractivity contribution in [1.82, 2.24) is 4.98 Å². The molecule has 1 rings (SSSR count). The van der Waals surface area contributed by atoms with Crippen LogP contribution in [-0.2, 0) is 6.18 Å². The van der Waals surface area contributed by atoms with E-state index in [4.69, 9.17) is 5.73 Å². The summed E-state index contributed by atoms with van der Waals surface area (Å²) in [6, 6.07) is 0.975. The second kappa shape index (κ2) is 2.66. The number of alkyl halides is 3. The first-order valence-corrected chi connectivity index (χ1v) is 3.20. The average Bonchev–Trinajstić information content (AvgIpc) is 1.92. The van der Waals surface area contributed by atoms with E-state index in [2.05, 4.69) is 4.98 Å². The lowest BCUT2D eigenvalue weighted by Crippen LogP contribution is -2.10. The number of aryl methyl sites for hydroxylation is 1. The van der Waals surface area contributed by atoms with Gasteiger partial charge in [0.1, 0.15) is 5.82 Å². The first-order chi connectivity index (χ1) is 5.41. The Hall–Kier alpha value is -1.26. The minimum absolute atomic E-state index is 0.441. The third-order valence-electron chi connectivity index (χ3n) is 1.36.